The van der Waals surface area contributed by atoms with Gasteiger partial charge in [-0.3, -0.25) is 9.48 Å². The second-order valence-corrected chi connectivity index (χ2v) is 18.7. The van der Waals surface area contributed by atoms with Crippen molar-refractivity contribution in [2.75, 3.05) is 37.6 Å². The molecule has 52 heavy (non-hydrogen) atoms. The molecule has 1 saturated carbocycles. The van der Waals surface area contributed by atoms with Crippen molar-refractivity contribution in [2.45, 2.75) is 104 Å². The molecule has 2 amide bonds. The summed E-state index contributed by atoms with van der Waals surface area (Å²) in [6.45, 7) is 22.7. The number of ether oxygens (including phenoxy) is 1. The summed E-state index contributed by atoms with van der Waals surface area (Å²) in [6, 6.07) is 8.87. The van der Waals surface area contributed by atoms with Crippen LogP contribution in [-0.4, -0.2) is 93.0 Å². The monoisotopic (exact) mass is 729 g/mol. The second kappa shape index (κ2) is 12.1. The zero-order valence-corrected chi connectivity index (χ0v) is 32.9. The van der Waals surface area contributed by atoms with Gasteiger partial charge in [-0.25, -0.2) is 4.79 Å². The van der Waals surface area contributed by atoms with E-state index in [0.717, 1.165) is 61.6 Å². The first kappa shape index (κ1) is 36.0. The molecule has 2 aromatic heterocycles. The Kier molecular flexibility index (Phi) is 8.36. The summed E-state index contributed by atoms with van der Waals surface area (Å²) in [7, 11) is -3.97. The quantitative estimate of drug-likeness (QED) is 0.232. The first-order chi connectivity index (χ1) is 24.2. The van der Waals surface area contributed by atoms with E-state index in [2.05, 4.69) is 42.4 Å². The fraction of sp³-hybridized carbons (Fsp3) is 0.538. The van der Waals surface area contributed by atoms with Crippen molar-refractivity contribution in [1.82, 2.24) is 28.8 Å². The van der Waals surface area contributed by atoms with Crippen LogP contribution in [0.3, 0.4) is 0 Å². The third-order valence-corrected chi connectivity index (χ3v) is 12.9. The maximum absolute atomic E-state index is 14.0. The van der Waals surface area contributed by atoms with E-state index in [9.17, 15) is 18.0 Å². The van der Waals surface area contributed by atoms with Crippen LogP contribution in [0.5, 0.6) is 0 Å². The van der Waals surface area contributed by atoms with Gasteiger partial charge in [-0.05, 0) is 104 Å². The van der Waals surface area contributed by atoms with E-state index >= 15 is 0 Å². The van der Waals surface area contributed by atoms with Gasteiger partial charge in [0.15, 0.2) is 5.82 Å². The van der Waals surface area contributed by atoms with E-state index in [1.54, 1.807) is 42.3 Å². The second-order valence-electron chi connectivity index (χ2n) is 17.0. The molecule has 1 aliphatic carbocycles. The van der Waals surface area contributed by atoms with Crippen LogP contribution in [0.2, 0.25) is 0 Å². The van der Waals surface area contributed by atoms with E-state index in [0.29, 0.717) is 38.2 Å². The summed E-state index contributed by atoms with van der Waals surface area (Å²) >= 11 is 0. The third kappa shape index (κ3) is 5.94. The number of fused-ring (bicyclic) bond motifs is 1. The predicted octanol–water partition coefficient (Wildman–Crippen LogP) is 6.39. The number of hydrogen-bond donors (Lipinski definition) is 0. The lowest BCUT2D eigenvalue weighted by atomic mass is 9.61. The lowest BCUT2D eigenvalue weighted by molar-refractivity contribution is -0.130. The predicted molar refractivity (Wildman–Crippen MR) is 201 cm³/mol. The molecule has 0 N–H and O–H groups in total. The summed E-state index contributed by atoms with van der Waals surface area (Å²) < 4.78 is 36.9. The zero-order chi connectivity index (χ0) is 37.7. The van der Waals surface area contributed by atoms with Crippen LogP contribution in [0.4, 0.5) is 10.6 Å². The van der Waals surface area contributed by atoms with E-state index in [1.807, 2.05) is 45.6 Å². The minimum absolute atomic E-state index is 0.0463. The van der Waals surface area contributed by atoms with Crippen molar-refractivity contribution in [3.8, 4) is 11.1 Å². The number of likely N-dealkylation sites (tertiary alicyclic amines) is 1. The lowest BCUT2D eigenvalue weighted by Gasteiger charge is -2.58. The highest BCUT2D eigenvalue weighted by molar-refractivity contribution is 7.90. The average molecular weight is 730 g/mol. The van der Waals surface area contributed by atoms with Crippen molar-refractivity contribution < 1.29 is 22.7 Å². The molecule has 2 aliphatic heterocycles. The topological polar surface area (TPSA) is 123 Å². The number of benzene rings is 2. The van der Waals surface area contributed by atoms with Gasteiger partial charge >= 0.3 is 6.09 Å². The standard InChI is InChI=1S/C39H51N7O5S/c1-24-11-13-30(14-12-24)52(49,50)46-32-17-25(2)26(3)33(31(32)20-40-46)34-27(4)45(41-35(34)44-16-15-42(28(5)47)21-38(44,9)10)29-18-39(19-29)22-43(23-39)36(48)51-37(6,7)8/h11-14,17,20,29H,15-16,18-19,21-23H2,1-10H3. The molecule has 3 fully saturated rings. The van der Waals surface area contributed by atoms with Gasteiger partial charge in [0.25, 0.3) is 10.0 Å². The van der Waals surface area contributed by atoms with E-state index < -0.39 is 21.2 Å². The zero-order valence-electron chi connectivity index (χ0n) is 32.1. The van der Waals surface area contributed by atoms with Crippen molar-refractivity contribution in [3.05, 3.63) is 58.9 Å². The first-order valence-electron chi connectivity index (χ1n) is 18.1. The lowest BCUT2D eigenvalue weighted by Crippen LogP contribution is -2.64. The summed E-state index contributed by atoms with van der Waals surface area (Å²) in [4.78, 5) is 31.4. The van der Waals surface area contributed by atoms with E-state index in [1.165, 1.54) is 0 Å². The van der Waals surface area contributed by atoms with Crippen LogP contribution in [-0.2, 0) is 19.6 Å². The largest absolute Gasteiger partial charge is 0.444 e. The van der Waals surface area contributed by atoms with Gasteiger partial charge < -0.3 is 19.4 Å². The van der Waals surface area contributed by atoms with Crippen molar-refractivity contribution >= 4 is 38.7 Å². The van der Waals surface area contributed by atoms with Crippen LogP contribution < -0.4 is 4.90 Å². The highest BCUT2D eigenvalue weighted by Crippen LogP contribution is 2.56. The smallest absolute Gasteiger partial charge is 0.410 e. The fourth-order valence-electron chi connectivity index (χ4n) is 8.45. The highest BCUT2D eigenvalue weighted by atomic mass is 32.2. The van der Waals surface area contributed by atoms with Crippen LogP contribution >= 0.6 is 0 Å². The van der Waals surface area contributed by atoms with Gasteiger partial charge in [0.1, 0.15) is 5.60 Å². The molecule has 0 atom stereocenters. The van der Waals surface area contributed by atoms with Crippen molar-refractivity contribution in [2.24, 2.45) is 5.41 Å². The number of piperazine rings is 1. The van der Waals surface area contributed by atoms with E-state index in [4.69, 9.17) is 9.84 Å². The van der Waals surface area contributed by atoms with Crippen LogP contribution in [0.15, 0.2) is 41.4 Å². The number of aryl methyl sites for hydroxylation is 2. The summed E-state index contributed by atoms with van der Waals surface area (Å²) in [5, 5.41) is 10.7. The van der Waals surface area contributed by atoms with Gasteiger partial charge in [-0.15, -0.1) is 0 Å². The van der Waals surface area contributed by atoms with Gasteiger partial charge in [0.2, 0.25) is 5.91 Å². The Labute approximate surface area is 306 Å². The molecule has 278 valence electrons. The highest BCUT2D eigenvalue weighted by Gasteiger charge is 2.56. The SMILES string of the molecule is CC(=O)N1CCN(c2nn(C3CC4(C3)CN(C(=O)OC(C)(C)C)C4)c(C)c2-c2c(C)c(C)cc3c2cnn3S(=O)(=O)c2ccc(C)cc2)C(C)(C)C1. The van der Waals surface area contributed by atoms with Gasteiger partial charge in [0, 0.05) is 67.3 Å². The summed E-state index contributed by atoms with van der Waals surface area (Å²) in [6.07, 6.45) is 3.19. The minimum atomic E-state index is -3.97. The Morgan fingerprint density at radius 1 is 0.923 bits per heavy atom. The van der Waals surface area contributed by atoms with Crippen LogP contribution in [0.1, 0.15) is 82.8 Å². The van der Waals surface area contributed by atoms with E-state index in [-0.39, 0.29) is 28.4 Å². The number of hydrogen-bond acceptors (Lipinski definition) is 8. The maximum Gasteiger partial charge on any atom is 0.410 e. The number of rotatable bonds is 5. The maximum atomic E-state index is 14.0. The Hall–Kier alpha value is -4.39. The molecule has 3 aliphatic rings. The molecule has 4 aromatic rings. The molecule has 4 heterocycles. The van der Waals surface area contributed by atoms with Gasteiger partial charge in [0.05, 0.1) is 28.2 Å². The Morgan fingerprint density at radius 3 is 2.17 bits per heavy atom. The molecule has 13 heteroatoms. The van der Waals surface area contributed by atoms with Gasteiger partial charge in [-0.1, -0.05) is 17.7 Å². The summed E-state index contributed by atoms with van der Waals surface area (Å²) in [5.74, 6) is 0.869. The Balaban J connectivity index is 1.32. The number of carbonyl (C=O) groups is 2. The number of carbonyl (C=O) groups excluding carboxylic acids is 2. The molecule has 12 nitrogen and oxygen atoms in total. The molecule has 1 spiro atoms. The number of anilines is 1. The molecule has 7 rings (SSSR count). The summed E-state index contributed by atoms with van der Waals surface area (Å²) in [5.41, 5.74) is 5.40. The molecular weight excluding hydrogens is 679 g/mol. The molecule has 0 radical (unpaired) electrons. The Bertz CT molecular complexity index is 2200. The van der Waals surface area contributed by atoms with Gasteiger partial charge in [-0.2, -0.15) is 22.7 Å². The van der Waals surface area contributed by atoms with Crippen molar-refractivity contribution in [1.29, 1.82) is 0 Å². The molecular formula is C39H51N7O5S. The molecule has 0 unspecified atom stereocenters. The normalized spacial score (nSPS) is 18.8. The number of aromatic nitrogens is 4. The minimum Gasteiger partial charge on any atom is -0.444 e. The van der Waals surface area contributed by atoms with Crippen molar-refractivity contribution in [3.63, 3.8) is 0 Å². The molecule has 0 bridgehead atoms. The van der Waals surface area contributed by atoms with Crippen LogP contribution in [0, 0.1) is 33.1 Å². The molecule has 2 aromatic carbocycles. The number of nitrogens with zero attached hydrogens (tertiary/aromatic N) is 7. The average Bonchev–Trinajstić information content (AvgIpc) is 3.56. The number of amides is 2. The fourth-order valence-corrected chi connectivity index (χ4v) is 9.71. The molecule has 2 saturated heterocycles. The van der Waals surface area contributed by atoms with Crippen LogP contribution in [0.25, 0.3) is 22.0 Å². The first-order valence-corrected chi connectivity index (χ1v) is 19.6. The third-order valence-electron chi connectivity index (χ3n) is 11.3. The Morgan fingerprint density at radius 2 is 1.58 bits per heavy atom.